The van der Waals surface area contributed by atoms with Crippen LogP contribution in [0.2, 0.25) is 0 Å². The standard InChI is InChI=1S/2C7H9N.ClH.Pd/c2*1-6-3-4-8-7(2)5-6;;/h2*3-5H,1-2H3;1H;/q;;;+2/p-1. The van der Waals surface area contributed by atoms with Crippen molar-refractivity contribution in [3.63, 3.8) is 0 Å². The third kappa shape index (κ3) is 8.36. The smallest absolute Gasteiger partial charge is 1.00 e. The maximum atomic E-state index is 4.04. The average molecular weight is 356 g/mol. The van der Waals surface area contributed by atoms with Crippen molar-refractivity contribution >= 4 is 0 Å². The molecule has 0 radical (unpaired) electrons. The Labute approximate surface area is 129 Å². The van der Waals surface area contributed by atoms with E-state index in [0.29, 0.717) is 0 Å². The number of pyridine rings is 2. The first-order valence-corrected chi connectivity index (χ1v) is 5.36. The van der Waals surface area contributed by atoms with Gasteiger partial charge in [-0.1, -0.05) is 0 Å². The topological polar surface area (TPSA) is 25.8 Å². The normalized spacial score (nSPS) is 8.22. The Bertz CT molecular complexity index is 383. The van der Waals surface area contributed by atoms with Crippen LogP contribution in [-0.2, 0) is 20.4 Å². The van der Waals surface area contributed by atoms with Crippen molar-refractivity contribution in [2.75, 3.05) is 0 Å². The van der Waals surface area contributed by atoms with Gasteiger partial charge < -0.3 is 12.4 Å². The van der Waals surface area contributed by atoms with Crippen LogP contribution in [0.4, 0.5) is 0 Å². The van der Waals surface area contributed by atoms with Gasteiger partial charge in [-0.25, -0.2) is 0 Å². The largest absolute Gasteiger partial charge is 2.00 e. The molecule has 2 aromatic rings. The molecule has 0 fully saturated rings. The zero-order valence-electron chi connectivity index (χ0n) is 11.1. The number of halogens is 1. The van der Waals surface area contributed by atoms with Gasteiger partial charge in [0, 0.05) is 23.8 Å². The van der Waals surface area contributed by atoms with Crippen LogP contribution in [0.15, 0.2) is 36.7 Å². The quantitative estimate of drug-likeness (QED) is 0.639. The molecule has 2 nitrogen and oxygen atoms in total. The molecule has 0 saturated carbocycles. The van der Waals surface area contributed by atoms with E-state index in [1.54, 1.807) is 0 Å². The summed E-state index contributed by atoms with van der Waals surface area (Å²) >= 11 is 0. The molecule has 0 bridgehead atoms. The summed E-state index contributed by atoms with van der Waals surface area (Å²) < 4.78 is 0. The second kappa shape index (κ2) is 10.2. The van der Waals surface area contributed by atoms with Gasteiger partial charge in [-0.05, 0) is 63.1 Å². The van der Waals surface area contributed by atoms with Crippen molar-refractivity contribution in [3.05, 3.63) is 59.2 Å². The van der Waals surface area contributed by atoms with Gasteiger partial charge in [0.1, 0.15) is 0 Å². The summed E-state index contributed by atoms with van der Waals surface area (Å²) in [5, 5.41) is 0. The van der Waals surface area contributed by atoms with Crippen LogP contribution in [0.25, 0.3) is 0 Å². The van der Waals surface area contributed by atoms with Crippen molar-refractivity contribution in [2.45, 2.75) is 27.7 Å². The Balaban J connectivity index is 0. The SMILES string of the molecule is Cc1ccnc(C)c1.Cc1ccnc(C)c1.[Cl-].[Pd+2]. The Morgan fingerprint density at radius 3 is 1.22 bits per heavy atom. The molecule has 0 atom stereocenters. The molecule has 0 N–H and O–H groups in total. The van der Waals surface area contributed by atoms with E-state index < -0.39 is 0 Å². The third-order valence-corrected chi connectivity index (χ3v) is 2.10. The van der Waals surface area contributed by atoms with Crippen molar-refractivity contribution < 1.29 is 32.8 Å². The fourth-order valence-corrected chi connectivity index (χ4v) is 1.37. The molecular formula is C14H18ClN2Pd+. The van der Waals surface area contributed by atoms with Gasteiger partial charge >= 0.3 is 20.4 Å². The number of rotatable bonds is 0. The average Bonchev–Trinajstić information content (AvgIpc) is 2.17. The Kier molecular flexibility index (Phi) is 11.1. The summed E-state index contributed by atoms with van der Waals surface area (Å²) in [6.45, 7) is 8.11. The number of hydrogen-bond acceptors (Lipinski definition) is 2. The summed E-state index contributed by atoms with van der Waals surface area (Å²) in [6.07, 6.45) is 3.65. The Morgan fingerprint density at radius 1 is 0.722 bits per heavy atom. The van der Waals surface area contributed by atoms with Crippen LogP contribution in [-0.4, -0.2) is 9.97 Å². The Morgan fingerprint density at radius 2 is 1.06 bits per heavy atom. The van der Waals surface area contributed by atoms with Crippen LogP contribution >= 0.6 is 0 Å². The third-order valence-electron chi connectivity index (χ3n) is 2.10. The first-order chi connectivity index (χ1) is 7.58. The van der Waals surface area contributed by atoms with Gasteiger partial charge in [0.05, 0.1) is 0 Å². The van der Waals surface area contributed by atoms with E-state index in [1.807, 2.05) is 38.4 Å². The molecule has 0 amide bonds. The minimum absolute atomic E-state index is 0. The second-order valence-electron chi connectivity index (χ2n) is 3.95. The monoisotopic (exact) mass is 355 g/mol. The van der Waals surface area contributed by atoms with Crippen molar-refractivity contribution in [1.29, 1.82) is 0 Å². The van der Waals surface area contributed by atoms with E-state index in [1.165, 1.54) is 11.1 Å². The van der Waals surface area contributed by atoms with E-state index in [-0.39, 0.29) is 32.8 Å². The molecule has 2 heterocycles. The minimum Gasteiger partial charge on any atom is -1.00 e. The number of hydrogen-bond donors (Lipinski definition) is 0. The molecule has 4 heteroatoms. The maximum absolute atomic E-state index is 4.04. The molecule has 0 spiro atoms. The van der Waals surface area contributed by atoms with Crippen molar-refractivity contribution in [3.8, 4) is 0 Å². The van der Waals surface area contributed by atoms with Crippen molar-refractivity contribution in [2.24, 2.45) is 0 Å². The summed E-state index contributed by atoms with van der Waals surface area (Å²) in [5.41, 5.74) is 4.73. The fourth-order valence-electron chi connectivity index (χ4n) is 1.37. The van der Waals surface area contributed by atoms with Crippen molar-refractivity contribution in [1.82, 2.24) is 9.97 Å². The van der Waals surface area contributed by atoms with Crippen LogP contribution in [0, 0.1) is 27.7 Å². The molecule has 18 heavy (non-hydrogen) atoms. The summed E-state index contributed by atoms with van der Waals surface area (Å²) in [6, 6.07) is 8.10. The Hall–Kier alpha value is -0.748. The van der Waals surface area contributed by atoms with Crippen LogP contribution < -0.4 is 12.4 Å². The molecular weight excluding hydrogens is 338 g/mol. The van der Waals surface area contributed by atoms with Gasteiger partial charge in [0.2, 0.25) is 0 Å². The van der Waals surface area contributed by atoms with Gasteiger partial charge in [0.15, 0.2) is 0 Å². The molecule has 100 valence electrons. The predicted octanol–water partition coefficient (Wildman–Crippen LogP) is 0.398. The number of nitrogens with zero attached hydrogens (tertiary/aromatic N) is 2. The summed E-state index contributed by atoms with van der Waals surface area (Å²) in [5.74, 6) is 0. The summed E-state index contributed by atoms with van der Waals surface area (Å²) in [4.78, 5) is 8.08. The second-order valence-corrected chi connectivity index (χ2v) is 3.95. The predicted molar refractivity (Wildman–Crippen MR) is 67.4 cm³/mol. The molecule has 0 saturated heterocycles. The van der Waals surface area contributed by atoms with E-state index >= 15 is 0 Å². The number of aromatic nitrogens is 2. The van der Waals surface area contributed by atoms with Crippen LogP contribution in [0.1, 0.15) is 22.5 Å². The molecule has 2 aromatic heterocycles. The molecule has 0 aliphatic rings. The van der Waals surface area contributed by atoms with E-state index in [9.17, 15) is 0 Å². The first kappa shape index (κ1) is 19.6. The van der Waals surface area contributed by atoms with Gasteiger partial charge in [-0.2, -0.15) is 0 Å². The van der Waals surface area contributed by atoms with Gasteiger partial charge in [0.25, 0.3) is 0 Å². The van der Waals surface area contributed by atoms with E-state index in [0.717, 1.165) is 11.4 Å². The maximum Gasteiger partial charge on any atom is 2.00 e. The zero-order valence-corrected chi connectivity index (χ0v) is 13.4. The minimum atomic E-state index is 0. The zero-order chi connectivity index (χ0) is 12.0. The van der Waals surface area contributed by atoms with Gasteiger partial charge in [-0.3, -0.25) is 9.97 Å². The van der Waals surface area contributed by atoms with Crippen LogP contribution in [0.3, 0.4) is 0 Å². The number of aryl methyl sites for hydroxylation is 4. The molecule has 0 aromatic carbocycles. The summed E-state index contributed by atoms with van der Waals surface area (Å²) in [7, 11) is 0. The van der Waals surface area contributed by atoms with E-state index in [2.05, 4.69) is 35.9 Å². The van der Waals surface area contributed by atoms with Gasteiger partial charge in [-0.15, -0.1) is 0 Å². The molecule has 0 unspecified atom stereocenters. The molecule has 0 aliphatic carbocycles. The molecule has 0 aliphatic heterocycles. The first-order valence-electron chi connectivity index (χ1n) is 5.36. The van der Waals surface area contributed by atoms with E-state index in [4.69, 9.17) is 0 Å². The fraction of sp³-hybridized carbons (Fsp3) is 0.286. The van der Waals surface area contributed by atoms with Crippen LogP contribution in [0.5, 0.6) is 0 Å². The molecule has 2 rings (SSSR count).